The van der Waals surface area contributed by atoms with E-state index in [1.807, 2.05) is 32.0 Å². The lowest BCUT2D eigenvalue weighted by atomic mass is 10.1. The number of hydrogen-bond acceptors (Lipinski definition) is 4. The lowest BCUT2D eigenvalue weighted by Gasteiger charge is -2.03. The number of carbonyl (C=O) groups is 2. The van der Waals surface area contributed by atoms with Crippen molar-refractivity contribution in [2.24, 2.45) is 4.99 Å². The molecule has 0 unspecified atom stereocenters. The first-order valence-electron chi connectivity index (χ1n) is 7.90. The fourth-order valence-corrected chi connectivity index (χ4v) is 2.43. The number of benzene rings is 2. The third-order valence-corrected chi connectivity index (χ3v) is 3.91. The number of carbonyl (C=O) groups excluding carboxylic acids is 2. The highest BCUT2D eigenvalue weighted by Crippen LogP contribution is 2.21. The van der Waals surface area contributed by atoms with E-state index in [4.69, 9.17) is 4.74 Å². The van der Waals surface area contributed by atoms with Gasteiger partial charge in [0.1, 0.15) is 0 Å². The van der Waals surface area contributed by atoms with Gasteiger partial charge in [0.15, 0.2) is 5.70 Å². The number of cyclic esters (lactones) is 1. The molecule has 1 aliphatic rings. The molecular weight excluding hydrogens is 316 g/mol. The Hall–Kier alpha value is -3.21. The first-order valence-corrected chi connectivity index (χ1v) is 7.90. The second-order valence-corrected chi connectivity index (χ2v) is 5.94. The van der Waals surface area contributed by atoms with Crippen LogP contribution in [-0.4, -0.2) is 17.8 Å². The zero-order valence-electron chi connectivity index (χ0n) is 14.3. The van der Waals surface area contributed by atoms with E-state index < -0.39 is 5.97 Å². The predicted molar refractivity (Wildman–Crippen MR) is 97.3 cm³/mol. The molecule has 3 rings (SSSR count). The van der Waals surface area contributed by atoms with Gasteiger partial charge in [-0.3, -0.25) is 4.79 Å². The molecule has 1 heterocycles. The van der Waals surface area contributed by atoms with E-state index in [2.05, 4.69) is 10.3 Å². The Bertz CT molecular complexity index is 909. The van der Waals surface area contributed by atoms with Crippen molar-refractivity contribution in [2.45, 2.75) is 20.8 Å². The van der Waals surface area contributed by atoms with Crippen LogP contribution in [0.1, 0.15) is 29.2 Å². The second kappa shape index (κ2) is 6.73. The molecule has 5 heteroatoms. The molecule has 0 saturated heterocycles. The van der Waals surface area contributed by atoms with Gasteiger partial charge in [0.2, 0.25) is 11.8 Å². The van der Waals surface area contributed by atoms with Crippen LogP contribution in [0.2, 0.25) is 0 Å². The molecule has 0 fully saturated rings. The normalized spacial score (nSPS) is 15.1. The molecule has 25 heavy (non-hydrogen) atoms. The van der Waals surface area contributed by atoms with E-state index in [9.17, 15) is 9.59 Å². The molecule has 126 valence electrons. The van der Waals surface area contributed by atoms with Gasteiger partial charge in [-0.25, -0.2) is 9.79 Å². The Morgan fingerprint density at radius 1 is 1.08 bits per heavy atom. The summed E-state index contributed by atoms with van der Waals surface area (Å²) in [6.45, 7) is 5.48. The molecule has 2 aromatic carbocycles. The van der Waals surface area contributed by atoms with Crippen LogP contribution in [0.15, 0.2) is 53.2 Å². The van der Waals surface area contributed by atoms with Gasteiger partial charge in [0.05, 0.1) is 0 Å². The zero-order valence-corrected chi connectivity index (χ0v) is 14.3. The summed E-state index contributed by atoms with van der Waals surface area (Å²) >= 11 is 0. The largest absolute Gasteiger partial charge is 0.402 e. The maximum Gasteiger partial charge on any atom is 0.363 e. The van der Waals surface area contributed by atoms with E-state index >= 15 is 0 Å². The van der Waals surface area contributed by atoms with Gasteiger partial charge in [-0.15, -0.1) is 0 Å². The van der Waals surface area contributed by atoms with Crippen molar-refractivity contribution in [2.75, 3.05) is 5.32 Å². The minimum Gasteiger partial charge on any atom is -0.402 e. The summed E-state index contributed by atoms with van der Waals surface area (Å²) in [7, 11) is 0. The Morgan fingerprint density at radius 3 is 2.44 bits per heavy atom. The van der Waals surface area contributed by atoms with Gasteiger partial charge in [0, 0.05) is 18.2 Å². The average molecular weight is 334 g/mol. The Kier molecular flexibility index (Phi) is 4.48. The van der Waals surface area contributed by atoms with E-state index in [1.54, 1.807) is 30.3 Å². The number of nitrogens with zero attached hydrogens (tertiary/aromatic N) is 1. The lowest BCUT2D eigenvalue weighted by molar-refractivity contribution is -0.129. The quantitative estimate of drug-likeness (QED) is 0.689. The first kappa shape index (κ1) is 16.6. The van der Waals surface area contributed by atoms with Crippen LogP contribution in [0.4, 0.5) is 5.69 Å². The molecule has 1 N–H and O–H groups in total. The van der Waals surface area contributed by atoms with E-state index in [0.29, 0.717) is 11.6 Å². The summed E-state index contributed by atoms with van der Waals surface area (Å²) in [5, 5.41) is 2.69. The van der Waals surface area contributed by atoms with E-state index in [-0.39, 0.29) is 11.6 Å². The van der Waals surface area contributed by atoms with Gasteiger partial charge in [-0.1, -0.05) is 18.2 Å². The molecule has 0 radical (unpaired) electrons. The summed E-state index contributed by atoms with van der Waals surface area (Å²) in [5.74, 6) is -0.290. The number of amides is 1. The van der Waals surface area contributed by atoms with Gasteiger partial charge in [-0.2, -0.15) is 0 Å². The number of hydrogen-bond donors (Lipinski definition) is 1. The number of ether oxygens (including phenoxy) is 1. The van der Waals surface area contributed by atoms with E-state index in [1.165, 1.54) is 12.5 Å². The molecular formula is C20H18N2O3. The highest BCUT2D eigenvalue weighted by molar-refractivity contribution is 6.12. The zero-order chi connectivity index (χ0) is 18.0. The van der Waals surface area contributed by atoms with Gasteiger partial charge >= 0.3 is 5.97 Å². The van der Waals surface area contributed by atoms with Crippen molar-refractivity contribution >= 4 is 29.5 Å². The molecule has 2 aromatic rings. The minimum absolute atomic E-state index is 0.131. The van der Waals surface area contributed by atoms with Crippen LogP contribution in [0.25, 0.3) is 6.08 Å². The third kappa shape index (κ3) is 3.83. The standard InChI is InChI=1S/C20H18N2O3/c1-12-4-7-16(10-13(12)2)19-22-18(20(24)25-19)11-15-5-8-17(9-6-15)21-14(3)23/h4-11H,1-3H3,(H,21,23)/b18-11+. The molecule has 0 bridgehead atoms. The SMILES string of the molecule is CC(=O)Nc1ccc(/C=C2/N=C(c3ccc(C)c(C)c3)OC2=O)cc1. The van der Waals surface area contributed by atoms with Crippen molar-refractivity contribution in [1.82, 2.24) is 0 Å². The topological polar surface area (TPSA) is 67.8 Å². The molecule has 0 atom stereocenters. The lowest BCUT2D eigenvalue weighted by Crippen LogP contribution is -2.06. The van der Waals surface area contributed by atoms with Crippen LogP contribution in [0.5, 0.6) is 0 Å². The highest BCUT2D eigenvalue weighted by atomic mass is 16.6. The van der Waals surface area contributed by atoms with Crippen molar-refractivity contribution in [1.29, 1.82) is 0 Å². The number of aliphatic imine (C=N–C) groups is 1. The van der Waals surface area contributed by atoms with Crippen LogP contribution in [-0.2, 0) is 14.3 Å². The van der Waals surface area contributed by atoms with Gasteiger partial charge < -0.3 is 10.1 Å². The fourth-order valence-electron chi connectivity index (χ4n) is 2.43. The van der Waals surface area contributed by atoms with Crippen molar-refractivity contribution in [3.8, 4) is 0 Å². The monoisotopic (exact) mass is 334 g/mol. The Balaban J connectivity index is 1.85. The van der Waals surface area contributed by atoms with Gasteiger partial charge in [0.25, 0.3) is 0 Å². The smallest absolute Gasteiger partial charge is 0.363 e. The molecule has 1 amide bonds. The van der Waals surface area contributed by atoms with Crippen LogP contribution < -0.4 is 5.32 Å². The summed E-state index contributed by atoms with van der Waals surface area (Å²) in [5.41, 5.74) is 4.81. The number of anilines is 1. The van der Waals surface area contributed by atoms with Crippen molar-refractivity contribution in [3.05, 3.63) is 70.4 Å². The van der Waals surface area contributed by atoms with Crippen molar-refractivity contribution in [3.63, 3.8) is 0 Å². The molecule has 0 saturated carbocycles. The summed E-state index contributed by atoms with van der Waals surface area (Å²) < 4.78 is 5.29. The highest BCUT2D eigenvalue weighted by Gasteiger charge is 2.24. The third-order valence-electron chi connectivity index (χ3n) is 3.91. The summed E-state index contributed by atoms with van der Waals surface area (Å²) in [6, 6.07) is 12.9. The number of aryl methyl sites for hydroxylation is 2. The first-order chi connectivity index (χ1) is 11.9. The van der Waals surface area contributed by atoms with E-state index in [0.717, 1.165) is 16.7 Å². The van der Waals surface area contributed by atoms with Gasteiger partial charge in [-0.05, 0) is 60.9 Å². The van der Waals surface area contributed by atoms with Crippen LogP contribution in [0.3, 0.4) is 0 Å². The Morgan fingerprint density at radius 2 is 1.80 bits per heavy atom. The minimum atomic E-state index is -0.473. The van der Waals surface area contributed by atoms with Crippen LogP contribution in [0, 0.1) is 13.8 Å². The fraction of sp³-hybridized carbons (Fsp3) is 0.150. The number of rotatable bonds is 3. The second-order valence-electron chi connectivity index (χ2n) is 5.94. The average Bonchev–Trinajstić information content (AvgIpc) is 2.92. The van der Waals surface area contributed by atoms with Crippen molar-refractivity contribution < 1.29 is 14.3 Å². The number of nitrogens with one attached hydrogen (secondary N) is 1. The summed E-state index contributed by atoms with van der Waals surface area (Å²) in [6.07, 6.45) is 1.66. The molecule has 5 nitrogen and oxygen atoms in total. The summed E-state index contributed by atoms with van der Waals surface area (Å²) in [4.78, 5) is 27.4. The number of esters is 1. The molecule has 0 spiro atoms. The Labute approximate surface area is 146 Å². The maximum atomic E-state index is 12.1. The molecule has 1 aliphatic heterocycles. The maximum absolute atomic E-state index is 12.1. The van der Waals surface area contributed by atoms with Crippen LogP contribution >= 0.6 is 0 Å². The molecule has 0 aromatic heterocycles. The molecule has 0 aliphatic carbocycles. The predicted octanol–water partition coefficient (Wildman–Crippen LogP) is 3.61.